The second kappa shape index (κ2) is 10.3. The van der Waals surface area contributed by atoms with E-state index in [-0.39, 0.29) is 23.6 Å². The van der Waals surface area contributed by atoms with E-state index in [0.29, 0.717) is 17.7 Å². The second-order valence-electron chi connectivity index (χ2n) is 6.95. The molecule has 172 valence electrons. The van der Waals surface area contributed by atoms with Gasteiger partial charge in [-0.1, -0.05) is 42.5 Å². The molecule has 0 fully saturated rings. The maximum atomic E-state index is 12.9. The van der Waals surface area contributed by atoms with E-state index in [1.165, 1.54) is 24.3 Å². The first kappa shape index (κ1) is 24.0. The summed E-state index contributed by atoms with van der Waals surface area (Å²) in [5.41, 5.74) is -0.995. The number of nitro groups is 1. The van der Waals surface area contributed by atoms with Crippen molar-refractivity contribution in [2.75, 3.05) is 0 Å². The van der Waals surface area contributed by atoms with Gasteiger partial charge in [-0.2, -0.15) is 18.4 Å². The Bertz CT molecular complexity index is 1280. The Labute approximate surface area is 191 Å². The molecule has 0 aliphatic carbocycles. The summed E-state index contributed by atoms with van der Waals surface area (Å²) >= 11 is 0. The number of hydrogen-bond donors (Lipinski definition) is 1. The second-order valence-corrected chi connectivity index (χ2v) is 6.95. The molecule has 1 amide bonds. The standard InChI is InChI=1S/C24H16F3N3O4/c25-24(26,27)19-9-10-22(21(13-19)30(32)33)34-20-8-4-7-17(12-20)11-18(14-28)23(31)29-15-16-5-2-1-3-6-16/h1-13H,15H2,(H,29,31)/b18-11-. The monoisotopic (exact) mass is 467 g/mol. The molecule has 0 saturated heterocycles. The van der Waals surface area contributed by atoms with E-state index in [2.05, 4.69) is 5.32 Å². The third-order valence-corrected chi connectivity index (χ3v) is 4.54. The third-order valence-electron chi connectivity index (χ3n) is 4.54. The van der Waals surface area contributed by atoms with Crippen LogP contribution in [0.2, 0.25) is 0 Å². The van der Waals surface area contributed by atoms with Crippen molar-refractivity contribution >= 4 is 17.7 Å². The van der Waals surface area contributed by atoms with Crippen LogP contribution in [0.3, 0.4) is 0 Å². The molecular weight excluding hydrogens is 451 g/mol. The van der Waals surface area contributed by atoms with Crippen LogP contribution in [0.1, 0.15) is 16.7 Å². The number of carbonyl (C=O) groups is 1. The van der Waals surface area contributed by atoms with E-state index in [1.807, 2.05) is 36.4 Å². The topological polar surface area (TPSA) is 105 Å². The summed E-state index contributed by atoms with van der Waals surface area (Å²) in [5, 5.41) is 23.3. The Kier molecular flexibility index (Phi) is 7.28. The van der Waals surface area contributed by atoms with Crippen molar-refractivity contribution in [3.05, 3.63) is 105 Å². The fourth-order valence-corrected chi connectivity index (χ4v) is 2.91. The highest BCUT2D eigenvalue weighted by molar-refractivity contribution is 6.01. The third kappa shape index (κ3) is 6.20. The molecule has 0 heterocycles. The SMILES string of the molecule is N#C/C(=C/c1cccc(Oc2ccc(C(F)(F)F)cc2[N+](=O)[O-])c1)C(=O)NCc1ccccc1. The first-order valence-corrected chi connectivity index (χ1v) is 9.75. The zero-order chi connectivity index (χ0) is 24.7. The van der Waals surface area contributed by atoms with Gasteiger partial charge in [0.2, 0.25) is 5.75 Å². The predicted octanol–water partition coefficient (Wildman–Crippen LogP) is 5.63. The Hall–Kier alpha value is -4.65. The lowest BCUT2D eigenvalue weighted by Crippen LogP contribution is -2.23. The molecule has 7 nitrogen and oxygen atoms in total. The van der Waals surface area contributed by atoms with Crippen LogP contribution in [0.15, 0.2) is 78.4 Å². The van der Waals surface area contributed by atoms with Crippen molar-refractivity contribution in [1.82, 2.24) is 5.32 Å². The largest absolute Gasteiger partial charge is 0.450 e. The van der Waals surface area contributed by atoms with Crippen LogP contribution in [-0.2, 0) is 17.5 Å². The molecule has 34 heavy (non-hydrogen) atoms. The quantitative estimate of drug-likeness (QED) is 0.210. The van der Waals surface area contributed by atoms with Gasteiger partial charge in [-0.15, -0.1) is 0 Å². The molecule has 0 spiro atoms. The smallest absolute Gasteiger partial charge is 0.416 e. The fourth-order valence-electron chi connectivity index (χ4n) is 2.91. The van der Waals surface area contributed by atoms with E-state index >= 15 is 0 Å². The van der Waals surface area contributed by atoms with Crippen LogP contribution in [0.4, 0.5) is 18.9 Å². The molecule has 3 aromatic carbocycles. The van der Waals surface area contributed by atoms with Crippen LogP contribution in [-0.4, -0.2) is 10.8 Å². The predicted molar refractivity (Wildman–Crippen MR) is 116 cm³/mol. The van der Waals surface area contributed by atoms with Gasteiger partial charge < -0.3 is 10.1 Å². The van der Waals surface area contributed by atoms with Gasteiger partial charge in [-0.3, -0.25) is 14.9 Å². The molecule has 3 rings (SSSR count). The molecule has 0 bridgehead atoms. The molecule has 0 unspecified atom stereocenters. The van der Waals surface area contributed by atoms with Gasteiger partial charge in [-0.25, -0.2) is 0 Å². The molecule has 0 aliphatic heterocycles. The van der Waals surface area contributed by atoms with Gasteiger partial charge in [0.05, 0.1) is 10.5 Å². The fraction of sp³-hybridized carbons (Fsp3) is 0.0833. The van der Waals surface area contributed by atoms with Crippen molar-refractivity contribution in [2.24, 2.45) is 0 Å². The van der Waals surface area contributed by atoms with Gasteiger partial charge in [0, 0.05) is 12.6 Å². The Morgan fingerprint density at radius 3 is 2.47 bits per heavy atom. The number of hydrogen-bond acceptors (Lipinski definition) is 5. The summed E-state index contributed by atoms with van der Waals surface area (Å²) in [6.45, 7) is 0.222. The average molecular weight is 467 g/mol. The molecule has 1 N–H and O–H groups in total. The van der Waals surface area contributed by atoms with Crippen molar-refractivity contribution in [3.8, 4) is 17.6 Å². The highest BCUT2D eigenvalue weighted by atomic mass is 19.4. The van der Waals surface area contributed by atoms with E-state index in [9.17, 15) is 33.3 Å². The lowest BCUT2D eigenvalue weighted by atomic mass is 10.1. The number of alkyl halides is 3. The number of halogens is 3. The molecule has 0 radical (unpaired) electrons. The summed E-state index contributed by atoms with van der Waals surface area (Å²) in [6, 6.07) is 18.7. The number of ether oxygens (including phenoxy) is 1. The maximum absolute atomic E-state index is 12.9. The number of amides is 1. The van der Waals surface area contributed by atoms with Crippen LogP contribution in [0.25, 0.3) is 6.08 Å². The minimum atomic E-state index is -4.75. The van der Waals surface area contributed by atoms with Crippen LogP contribution >= 0.6 is 0 Å². The van der Waals surface area contributed by atoms with Crippen molar-refractivity contribution in [3.63, 3.8) is 0 Å². The van der Waals surface area contributed by atoms with E-state index in [1.54, 1.807) is 6.07 Å². The molecular formula is C24H16F3N3O4. The molecule has 0 atom stereocenters. The zero-order valence-corrected chi connectivity index (χ0v) is 17.4. The minimum Gasteiger partial charge on any atom is -0.450 e. The number of nitriles is 1. The molecule has 0 aliphatic rings. The van der Waals surface area contributed by atoms with Crippen molar-refractivity contribution in [2.45, 2.75) is 12.7 Å². The zero-order valence-electron chi connectivity index (χ0n) is 17.4. The lowest BCUT2D eigenvalue weighted by molar-refractivity contribution is -0.385. The molecule has 10 heteroatoms. The van der Waals surface area contributed by atoms with Gasteiger partial charge in [0.1, 0.15) is 17.4 Å². The number of nitro benzene ring substituents is 1. The van der Waals surface area contributed by atoms with Gasteiger partial charge in [0.25, 0.3) is 5.91 Å². The van der Waals surface area contributed by atoms with Crippen LogP contribution < -0.4 is 10.1 Å². The lowest BCUT2D eigenvalue weighted by Gasteiger charge is -2.10. The number of benzene rings is 3. The summed E-state index contributed by atoms with van der Waals surface area (Å²) in [4.78, 5) is 22.6. The van der Waals surface area contributed by atoms with Crippen LogP contribution in [0, 0.1) is 21.4 Å². The molecule has 0 aromatic heterocycles. The number of nitrogens with zero attached hydrogens (tertiary/aromatic N) is 2. The van der Waals surface area contributed by atoms with Gasteiger partial charge >= 0.3 is 11.9 Å². The normalized spacial score (nSPS) is 11.4. The number of nitrogens with one attached hydrogen (secondary N) is 1. The van der Waals surface area contributed by atoms with E-state index < -0.39 is 28.3 Å². The first-order chi connectivity index (χ1) is 16.2. The summed E-state index contributed by atoms with van der Waals surface area (Å²) < 4.78 is 44.1. The van der Waals surface area contributed by atoms with E-state index in [4.69, 9.17) is 4.74 Å². The Balaban J connectivity index is 1.80. The average Bonchev–Trinajstić information content (AvgIpc) is 2.81. The first-order valence-electron chi connectivity index (χ1n) is 9.75. The highest BCUT2D eigenvalue weighted by Gasteiger charge is 2.33. The number of carbonyl (C=O) groups excluding carboxylic acids is 1. The molecule has 0 saturated carbocycles. The Morgan fingerprint density at radius 1 is 1.09 bits per heavy atom. The summed E-state index contributed by atoms with van der Waals surface area (Å²) in [7, 11) is 0. The Morgan fingerprint density at radius 2 is 1.82 bits per heavy atom. The minimum absolute atomic E-state index is 0.0681. The van der Waals surface area contributed by atoms with Crippen molar-refractivity contribution < 1.29 is 27.6 Å². The van der Waals surface area contributed by atoms with Gasteiger partial charge in [0.15, 0.2) is 0 Å². The maximum Gasteiger partial charge on any atom is 0.416 e. The van der Waals surface area contributed by atoms with Crippen LogP contribution in [0.5, 0.6) is 11.5 Å². The molecule has 3 aromatic rings. The van der Waals surface area contributed by atoms with Crippen molar-refractivity contribution in [1.29, 1.82) is 5.26 Å². The van der Waals surface area contributed by atoms with E-state index in [0.717, 1.165) is 11.6 Å². The summed E-state index contributed by atoms with van der Waals surface area (Å²) in [5.74, 6) is -0.921. The number of rotatable bonds is 7. The van der Waals surface area contributed by atoms with Gasteiger partial charge in [-0.05, 0) is 41.5 Å². The highest BCUT2D eigenvalue weighted by Crippen LogP contribution is 2.38. The summed E-state index contributed by atoms with van der Waals surface area (Å²) in [6.07, 6.45) is -3.45.